The second kappa shape index (κ2) is 8.22. The lowest BCUT2D eigenvalue weighted by molar-refractivity contribution is -0.139. The molecular weight excluding hydrogens is 472 g/mol. The van der Waals surface area contributed by atoms with E-state index in [2.05, 4.69) is 20.9 Å². The van der Waals surface area contributed by atoms with Crippen LogP contribution in [-0.2, 0) is 9.53 Å². The Labute approximate surface area is 183 Å². The summed E-state index contributed by atoms with van der Waals surface area (Å²) in [5.41, 5.74) is 1.63. The van der Waals surface area contributed by atoms with Gasteiger partial charge in [-0.2, -0.15) is 0 Å². The van der Waals surface area contributed by atoms with E-state index in [4.69, 9.17) is 4.74 Å². The molecule has 1 aromatic carbocycles. The molecule has 0 radical (unpaired) electrons. The van der Waals surface area contributed by atoms with Crippen LogP contribution in [0, 0.1) is 0 Å². The number of thiophene rings is 1. The van der Waals surface area contributed by atoms with Crippen LogP contribution in [-0.4, -0.2) is 17.1 Å². The number of rotatable bonds is 4. The standard InChI is InChI=1S/C21H17BrN2O3S2/c1-3-27-20(26)17-12(2)23-21-24(18(17)13-6-8-14(22)9-7-13)19(25)16(29-21)11-15-5-4-10-28-15/h4-11,18H,3H2,1-2H3/b16-11-/t18-/m1/s1. The molecule has 1 atom stereocenters. The minimum atomic E-state index is -0.580. The molecule has 5 nitrogen and oxygen atoms in total. The monoisotopic (exact) mass is 488 g/mol. The molecule has 2 aromatic heterocycles. The number of aromatic nitrogens is 1. The van der Waals surface area contributed by atoms with Gasteiger partial charge in [0.25, 0.3) is 5.56 Å². The summed E-state index contributed by atoms with van der Waals surface area (Å²) in [5.74, 6) is -0.450. The van der Waals surface area contributed by atoms with Crippen molar-refractivity contribution in [2.45, 2.75) is 19.9 Å². The molecule has 29 heavy (non-hydrogen) atoms. The van der Waals surface area contributed by atoms with E-state index in [1.54, 1.807) is 29.8 Å². The molecule has 3 aromatic rings. The molecule has 0 unspecified atom stereocenters. The molecule has 0 saturated heterocycles. The van der Waals surface area contributed by atoms with Crippen LogP contribution in [0.4, 0.5) is 0 Å². The number of hydrogen-bond donors (Lipinski definition) is 0. The Bertz CT molecular complexity index is 1270. The van der Waals surface area contributed by atoms with Crippen LogP contribution in [0.1, 0.15) is 30.3 Å². The van der Waals surface area contributed by atoms with E-state index in [0.717, 1.165) is 14.9 Å². The second-order valence-corrected chi connectivity index (χ2v) is 9.27. The summed E-state index contributed by atoms with van der Waals surface area (Å²) in [6.45, 7) is 3.80. The van der Waals surface area contributed by atoms with Gasteiger partial charge in [0, 0.05) is 9.35 Å². The van der Waals surface area contributed by atoms with Crippen LogP contribution < -0.4 is 14.9 Å². The lowest BCUT2D eigenvalue weighted by atomic mass is 9.96. The van der Waals surface area contributed by atoms with E-state index in [0.29, 0.717) is 20.6 Å². The number of thiazole rings is 1. The van der Waals surface area contributed by atoms with Gasteiger partial charge in [0.1, 0.15) is 0 Å². The Morgan fingerprint density at radius 3 is 2.72 bits per heavy atom. The molecule has 3 heterocycles. The summed E-state index contributed by atoms with van der Waals surface area (Å²) in [6.07, 6.45) is 1.87. The third-order valence-electron chi connectivity index (χ3n) is 4.52. The number of benzene rings is 1. The van der Waals surface area contributed by atoms with Crippen LogP contribution in [0.5, 0.6) is 0 Å². The fourth-order valence-corrected chi connectivity index (χ4v) is 5.29. The Morgan fingerprint density at radius 2 is 2.07 bits per heavy atom. The third-order valence-corrected chi connectivity index (χ3v) is 6.85. The molecule has 0 bridgehead atoms. The van der Waals surface area contributed by atoms with E-state index >= 15 is 0 Å². The summed E-state index contributed by atoms with van der Waals surface area (Å²) in [5, 5.41) is 1.97. The highest BCUT2D eigenvalue weighted by Crippen LogP contribution is 2.31. The van der Waals surface area contributed by atoms with Gasteiger partial charge in [0.15, 0.2) is 4.80 Å². The maximum Gasteiger partial charge on any atom is 0.338 e. The largest absolute Gasteiger partial charge is 0.463 e. The number of carbonyl (C=O) groups excluding carboxylic acids is 1. The fraction of sp³-hybridized carbons (Fsp3) is 0.190. The average molecular weight is 489 g/mol. The molecule has 0 saturated carbocycles. The highest BCUT2D eigenvalue weighted by Gasteiger charge is 2.33. The molecule has 0 fully saturated rings. The molecule has 148 valence electrons. The number of halogens is 1. The Kier molecular flexibility index (Phi) is 5.67. The maximum absolute atomic E-state index is 13.3. The van der Waals surface area contributed by atoms with Crippen LogP contribution in [0.3, 0.4) is 0 Å². The molecule has 0 N–H and O–H groups in total. The van der Waals surface area contributed by atoms with Crippen molar-refractivity contribution < 1.29 is 9.53 Å². The van der Waals surface area contributed by atoms with Gasteiger partial charge in [-0.3, -0.25) is 9.36 Å². The van der Waals surface area contributed by atoms with Crippen LogP contribution in [0.15, 0.2) is 67.3 Å². The zero-order chi connectivity index (χ0) is 20.5. The number of fused-ring (bicyclic) bond motifs is 1. The molecular formula is C21H17BrN2O3S2. The van der Waals surface area contributed by atoms with Crippen molar-refractivity contribution in [2.75, 3.05) is 6.61 Å². The zero-order valence-electron chi connectivity index (χ0n) is 15.7. The quantitative estimate of drug-likeness (QED) is 0.526. The number of ether oxygens (including phenoxy) is 1. The lowest BCUT2D eigenvalue weighted by Gasteiger charge is -2.24. The van der Waals surface area contributed by atoms with E-state index in [1.807, 2.05) is 47.9 Å². The summed E-state index contributed by atoms with van der Waals surface area (Å²) in [6, 6.07) is 10.9. The van der Waals surface area contributed by atoms with Gasteiger partial charge in [-0.15, -0.1) is 11.3 Å². The SMILES string of the molecule is CCOC(=O)C1=C(C)N=c2s/c(=C\c3cccs3)c(=O)n2[C@@H]1c1ccc(Br)cc1. The number of nitrogens with zero attached hydrogens (tertiary/aromatic N) is 2. The highest BCUT2D eigenvalue weighted by molar-refractivity contribution is 9.10. The summed E-state index contributed by atoms with van der Waals surface area (Å²) >= 11 is 6.34. The number of esters is 1. The Hall–Kier alpha value is -2.29. The lowest BCUT2D eigenvalue weighted by Crippen LogP contribution is -2.39. The van der Waals surface area contributed by atoms with Crippen molar-refractivity contribution in [2.24, 2.45) is 4.99 Å². The minimum absolute atomic E-state index is 0.163. The molecule has 0 aliphatic carbocycles. The first-order chi connectivity index (χ1) is 14.0. The second-order valence-electron chi connectivity index (χ2n) is 6.37. The molecule has 1 aliphatic rings. The van der Waals surface area contributed by atoms with Gasteiger partial charge >= 0.3 is 5.97 Å². The number of carbonyl (C=O) groups is 1. The molecule has 0 spiro atoms. The maximum atomic E-state index is 13.3. The molecule has 0 amide bonds. The van der Waals surface area contributed by atoms with E-state index in [-0.39, 0.29) is 12.2 Å². The Balaban J connectivity index is 1.97. The van der Waals surface area contributed by atoms with Gasteiger partial charge in [0.05, 0.1) is 28.5 Å². The first kappa shape index (κ1) is 20.0. The van der Waals surface area contributed by atoms with Crippen molar-refractivity contribution in [1.29, 1.82) is 0 Å². The molecule has 1 aliphatic heterocycles. The van der Waals surface area contributed by atoms with Crippen molar-refractivity contribution in [3.05, 3.63) is 87.6 Å². The fourth-order valence-electron chi connectivity index (χ4n) is 3.25. The smallest absolute Gasteiger partial charge is 0.338 e. The average Bonchev–Trinajstić information content (AvgIpc) is 3.30. The van der Waals surface area contributed by atoms with Gasteiger partial charge in [-0.1, -0.05) is 45.5 Å². The van der Waals surface area contributed by atoms with E-state index < -0.39 is 12.0 Å². The van der Waals surface area contributed by atoms with Gasteiger partial charge in [0.2, 0.25) is 0 Å². The van der Waals surface area contributed by atoms with Gasteiger partial charge in [-0.25, -0.2) is 9.79 Å². The first-order valence-corrected chi connectivity index (χ1v) is 11.5. The summed E-state index contributed by atoms with van der Waals surface area (Å²) in [4.78, 5) is 32.2. The van der Waals surface area contributed by atoms with E-state index in [9.17, 15) is 9.59 Å². The normalized spacial score (nSPS) is 16.5. The van der Waals surface area contributed by atoms with E-state index in [1.165, 1.54) is 11.3 Å². The van der Waals surface area contributed by atoms with Crippen molar-refractivity contribution in [1.82, 2.24) is 4.57 Å². The molecule has 4 rings (SSSR count). The van der Waals surface area contributed by atoms with Crippen LogP contribution >= 0.6 is 38.6 Å². The molecule has 8 heteroatoms. The van der Waals surface area contributed by atoms with Crippen LogP contribution in [0.25, 0.3) is 6.08 Å². The predicted octanol–water partition coefficient (Wildman–Crippen LogP) is 3.62. The van der Waals surface area contributed by atoms with Crippen molar-refractivity contribution in [3.8, 4) is 0 Å². The Morgan fingerprint density at radius 1 is 1.31 bits per heavy atom. The predicted molar refractivity (Wildman–Crippen MR) is 119 cm³/mol. The number of allylic oxidation sites excluding steroid dienone is 1. The number of hydrogen-bond acceptors (Lipinski definition) is 6. The van der Waals surface area contributed by atoms with Crippen molar-refractivity contribution in [3.63, 3.8) is 0 Å². The third kappa shape index (κ3) is 3.80. The topological polar surface area (TPSA) is 60.7 Å². The summed E-state index contributed by atoms with van der Waals surface area (Å²) < 4.78 is 8.40. The zero-order valence-corrected chi connectivity index (χ0v) is 18.9. The minimum Gasteiger partial charge on any atom is -0.463 e. The van der Waals surface area contributed by atoms with Gasteiger partial charge in [-0.05, 0) is 49.1 Å². The van der Waals surface area contributed by atoms with Crippen LogP contribution in [0.2, 0.25) is 0 Å². The van der Waals surface area contributed by atoms with Crippen molar-refractivity contribution >= 4 is 50.6 Å². The van der Waals surface area contributed by atoms with Gasteiger partial charge < -0.3 is 4.74 Å². The first-order valence-electron chi connectivity index (χ1n) is 8.98. The summed E-state index contributed by atoms with van der Waals surface area (Å²) in [7, 11) is 0. The highest BCUT2D eigenvalue weighted by atomic mass is 79.9.